The fourth-order valence-electron chi connectivity index (χ4n) is 3.47. The third kappa shape index (κ3) is 4.19. The number of carbonyl (C=O) groups excluding carboxylic acids is 2. The van der Waals surface area contributed by atoms with Gasteiger partial charge in [-0.1, -0.05) is 30.3 Å². The number of rotatable bonds is 7. The van der Waals surface area contributed by atoms with Crippen LogP contribution in [0.2, 0.25) is 0 Å². The summed E-state index contributed by atoms with van der Waals surface area (Å²) >= 11 is 0. The van der Waals surface area contributed by atoms with Crippen LogP contribution in [0.15, 0.2) is 30.3 Å². The quantitative estimate of drug-likeness (QED) is 0.736. The summed E-state index contributed by atoms with van der Waals surface area (Å²) in [5, 5.41) is 2.83. The van der Waals surface area contributed by atoms with E-state index in [4.69, 9.17) is 4.74 Å². The van der Waals surface area contributed by atoms with Crippen molar-refractivity contribution < 1.29 is 14.3 Å². The molecule has 2 amide bonds. The van der Waals surface area contributed by atoms with E-state index in [0.717, 1.165) is 31.5 Å². The highest BCUT2D eigenvalue weighted by Crippen LogP contribution is 2.49. The second-order valence-corrected chi connectivity index (χ2v) is 6.86. The van der Waals surface area contributed by atoms with Crippen LogP contribution in [0.4, 0.5) is 0 Å². The van der Waals surface area contributed by atoms with Crippen LogP contribution in [-0.4, -0.2) is 74.6 Å². The number of hydrogen-bond donors (Lipinski definition) is 1. The molecule has 0 aromatic heterocycles. The van der Waals surface area contributed by atoms with Gasteiger partial charge >= 0.3 is 0 Å². The van der Waals surface area contributed by atoms with Gasteiger partial charge in [-0.15, -0.1) is 0 Å². The lowest BCUT2D eigenvalue weighted by atomic mass is 9.94. The van der Waals surface area contributed by atoms with E-state index >= 15 is 0 Å². The van der Waals surface area contributed by atoms with Gasteiger partial charge in [0.25, 0.3) is 0 Å². The third-order valence-corrected chi connectivity index (χ3v) is 5.14. The molecule has 1 N–H and O–H groups in total. The Hall–Kier alpha value is -1.92. The van der Waals surface area contributed by atoms with E-state index in [0.29, 0.717) is 32.8 Å². The predicted octanol–water partition coefficient (Wildman–Crippen LogP) is 0.625. The molecule has 6 nitrogen and oxygen atoms in total. The van der Waals surface area contributed by atoms with Crippen molar-refractivity contribution in [2.24, 2.45) is 0 Å². The maximum atomic E-state index is 13.0. The Morgan fingerprint density at radius 2 is 1.80 bits per heavy atom. The maximum Gasteiger partial charge on any atom is 0.234 e. The number of amides is 2. The smallest absolute Gasteiger partial charge is 0.234 e. The Morgan fingerprint density at radius 3 is 2.40 bits per heavy atom. The molecule has 1 aliphatic heterocycles. The lowest BCUT2D eigenvalue weighted by molar-refractivity contribution is -0.136. The number of carbonyl (C=O) groups is 2. The molecule has 6 heteroatoms. The first-order chi connectivity index (χ1) is 12.2. The Morgan fingerprint density at radius 1 is 1.12 bits per heavy atom. The van der Waals surface area contributed by atoms with Crippen LogP contribution >= 0.6 is 0 Å². The molecule has 2 aliphatic rings. The number of piperazine rings is 1. The minimum Gasteiger partial charge on any atom is -0.383 e. The van der Waals surface area contributed by atoms with Crippen LogP contribution in [0.25, 0.3) is 0 Å². The molecule has 0 bridgehead atoms. The number of benzene rings is 1. The van der Waals surface area contributed by atoms with Crippen LogP contribution in [0, 0.1) is 0 Å². The van der Waals surface area contributed by atoms with Crippen molar-refractivity contribution in [1.29, 1.82) is 0 Å². The van der Waals surface area contributed by atoms with Gasteiger partial charge in [-0.05, 0) is 18.4 Å². The number of methoxy groups -OCH3 is 1. The number of ether oxygens (including phenoxy) is 1. The molecule has 0 spiro atoms. The molecular weight excluding hydrogens is 318 g/mol. The minimum absolute atomic E-state index is 0.0137. The van der Waals surface area contributed by atoms with Gasteiger partial charge in [0.05, 0.1) is 18.6 Å². The van der Waals surface area contributed by atoms with Crippen LogP contribution in [0.1, 0.15) is 18.4 Å². The standard InChI is InChI=1S/C19H27N3O3/c1-25-14-9-20-17(23)15-21-10-12-22(13-11-21)18(24)19(7-8-19)16-5-3-2-4-6-16/h2-6H,7-15H2,1H3,(H,20,23). The summed E-state index contributed by atoms with van der Waals surface area (Å²) in [6.07, 6.45) is 1.88. The fraction of sp³-hybridized carbons (Fsp3) is 0.579. The molecule has 1 aromatic rings. The normalized spacial score (nSPS) is 19.5. The van der Waals surface area contributed by atoms with E-state index in [2.05, 4.69) is 22.3 Å². The number of nitrogens with zero attached hydrogens (tertiary/aromatic N) is 2. The van der Waals surface area contributed by atoms with E-state index in [1.54, 1.807) is 7.11 Å². The van der Waals surface area contributed by atoms with Gasteiger partial charge in [-0.25, -0.2) is 0 Å². The van der Waals surface area contributed by atoms with Gasteiger partial charge in [0.15, 0.2) is 0 Å². The molecule has 1 saturated carbocycles. The highest BCUT2D eigenvalue weighted by atomic mass is 16.5. The third-order valence-electron chi connectivity index (χ3n) is 5.14. The number of nitrogens with one attached hydrogen (secondary N) is 1. The minimum atomic E-state index is -0.291. The van der Waals surface area contributed by atoms with Crippen LogP contribution in [0.5, 0.6) is 0 Å². The van der Waals surface area contributed by atoms with Crippen molar-refractivity contribution >= 4 is 11.8 Å². The first-order valence-corrected chi connectivity index (χ1v) is 8.98. The summed E-state index contributed by atoms with van der Waals surface area (Å²) in [5.41, 5.74) is 0.848. The Bertz CT molecular complexity index is 593. The van der Waals surface area contributed by atoms with Crippen molar-refractivity contribution in [3.8, 4) is 0 Å². The zero-order chi connectivity index (χ0) is 17.7. The van der Waals surface area contributed by atoms with E-state index in [9.17, 15) is 9.59 Å². The molecule has 1 heterocycles. The molecule has 136 valence electrons. The second kappa shape index (κ2) is 7.97. The molecule has 1 aliphatic carbocycles. The van der Waals surface area contributed by atoms with E-state index < -0.39 is 0 Å². The van der Waals surface area contributed by atoms with Gasteiger partial charge < -0.3 is 15.0 Å². The molecule has 0 radical (unpaired) electrons. The summed E-state index contributed by atoms with van der Waals surface area (Å²) in [4.78, 5) is 28.9. The molecule has 25 heavy (non-hydrogen) atoms. The number of hydrogen-bond acceptors (Lipinski definition) is 4. The largest absolute Gasteiger partial charge is 0.383 e. The SMILES string of the molecule is COCCNC(=O)CN1CCN(C(=O)C2(c3ccccc3)CC2)CC1. The Labute approximate surface area is 149 Å². The fourth-order valence-corrected chi connectivity index (χ4v) is 3.47. The van der Waals surface area contributed by atoms with Crippen LogP contribution in [0.3, 0.4) is 0 Å². The second-order valence-electron chi connectivity index (χ2n) is 6.86. The zero-order valence-corrected chi connectivity index (χ0v) is 14.9. The van der Waals surface area contributed by atoms with Crippen LogP contribution in [-0.2, 0) is 19.7 Å². The monoisotopic (exact) mass is 345 g/mol. The molecule has 2 fully saturated rings. The Balaban J connectivity index is 1.48. The first-order valence-electron chi connectivity index (χ1n) is 8.98. The summed E-state index contributed by atoms with van der Waals surface area (Å²) in [7, 11) is 1.62. The summed E-state index contributed by atoms with van der Waals surface area (Å²) < 4.78 is 4.92. The van der Waals surface area contributed by atoms with Gasteiger partial charge in [-0.2, -0.15) is 0 Å². The predicted molar refractivity (Wildman–Crippen MR) is 95.3 cm³/mol. The molecule has 1 aromatic carbocycles. The van der Waals surface area contributed by atoms with E-state index in [1.165, 1.54) is 0 Å². The maximum absolute atomic E-state index is 13.0. The average Bonchev–Trinajstić information content (AvgIpc) is 3.45. The van der Waals surface area contributed by atoms with Gasteiger partial charge in [0.2, 0.25) is 11.8 Å². The lowest BCUT2D eigenvalue weighted by Crippen LogP contribution is -2.53. The first kappa shape index (κ1) is 17.9. The highest BCUT2D eigenvalue weighted by molar-refractivity contribution is 5.91. The van der Waals surface area contributed by atoms with E-state index in [-0.39, 0.29) is 17.2 Å². The average molecular weight is 345 g/mol. The zero-order valence-electron chi connectivity index (χ0n) is 14.9. The van der Waals surface area contributed by atoms with Crippen molar-refractivity contribution in [3.63, 3.8) is 0 Å². The van der Waals surface area contributed by atoms with Gasteiger partial charge in [0.1, 0.15) is 0 Å². The van der Waals surface area contributed by atoms with Crippen molar-refractivity contribution in [2.45, 2.75) is 18.3 Å². The van der Waals surface area contributed by atoms with Crippen molar-refractivity contribution in [2.75, 3.05) is 53.0 Å². The summed E-state index contributed by atoms with van der Waals surface area (Å²) in [6, 6.07) is 10.1. The van der Waals surface area contributed by atoms with E-state index in [1.807, 2.05) is 23.1 Å². The van der Waals surface area contributed by atoms with Gasteiger partial charge in [-0.3, -0.25) is 14.5 Å². The molecule has 0 atom stereocenters. The molecule has 0 unspecified atom stereocenters. The van der Waals surface area contributed by atoms with Gasteiger partial charge in [0, 0.05) is 39.8 Å². The topological polar surface area (TPSA) is 61.9 Å². The van der Waals surface area contributed by atoms with Crippen molar-refractivity contribution in [3.05, 3.63) is 35.9 Å². The molecule has 1 saturated heterocycles. The highest BCUT2D eigenvalue weighted by Gasteiger charge is 2.53. The Kier molecular flexibility index (Phi) is 5.71. The van der Waals surface area contributed by atoms with Crippen LogP contribution < -0.4 is 5.32 Å². The van der Waals surface area contributed by atoms with Crippen molar-refractivity contribution in [1.82, 2.24) is 15.1 Å². The summed E-state index contributed by atoms with van der Waals surface area (Å²) in [5.74, 6) is 0.266. The molecule has 3 rings (SSSR count). The lowest BCUT2D eigenvalue weighted by Gasteiger charge is -2.36. The molecular formula is C19H27N3O3. The summed E-state index contributed by atoms with van der Waals surface area (Å²) in [6.45, 7) is 4.32.